The molecule has 96 valence electrons. The van der Waals surface area contributed by atoms with E-state index in [9.17, 15) is 0 Å². The molecule has 0 bridgehead atoms. The summed E-state index contributed by atoms with van der Waals surface area (Å²) in [6.07, 6.45) is 9.48. The lowest BCUT2D eigenvalue weighted by Gasteiger charge is -2.36. The van der Waals surface area contributed by atoms with Crippen LogP contribution < -0.4 is 17.0 Å². The third-order valence-corrected chi connectivity index (χ3v) is 3.19. The predicted molar refractivity (Wildman–Crippen MR) is 69.9 cm³/mol. The summed E-state index contributed by atoms with van der Waals surface area (Å²) in [5.74, 6) is 0. The summed E-state index contributed by atoms with van der Waals surface area (Å²) in [7, 11) is 0. The number of quaternary nitrogens is 1. The summed E-state index contributed by atoms with van der Waals surface area (Å²) in [4.78, 5) is 0. The maximum atomic E-state index is 3.87. The second kappa shape index (κ2) is 11.4. The quantitative estimate of drug-likeness (QED) is 0.317. The van der Waals surface area contributed by atoms with Gasteiger partial charge in [0.1, 0.15) is 0 Å². The van der Waals surface area contributed by atoms with Crippen molar-refractivity contribution in [3.8, 4) is 0 Å². The van der Waals surface area contributed by atoms with Gasteiger partial charge in [0, 0.05) is 0 Å². The molecule has 0 heterocycles. The summed E-state index contributed by atoms with van der Waals surface area (Å²) >= 11 is 0. The van der Waals surface area contributed by atoms with E-state index in [4.69, 9.17) is 0 Å². The van der Waals surface area contributed by atoms with Crippen LogP contribution in [0.15, 0.2) is 25.3 Å². The van der Waals surface area contributed by atoms with Crippen molar-refractivity contribution < 1.29 is 21.5 Å². The molecule has 0 aromatic heterocycles. The highest BCUT2D eigenvalue weighted by Gasteiger charge is 2.20. The van der Waals surface area contributed by atoms with Gasteiger partial charge in [-0.15, -0.1) is 0 Å². The van der Waals surface area contributed by atoms with E-state index < -0.39 is 0 Å². The third kappa shape index (κ3) is 7.24. The SMILES string of the molecule is C=CC[N+](CC)(CC=C)CCCCCC.[Br-]. The van der Waals surface area contributed by atoms with Crippen molar-refractivity contribution in [2.45, 2.75) is 39.5 Å². The summed E-state index contributed by atoms with van der Waals surface area (Å²) in [6, 6.07) is 0. The molecule has 0 radical (unpaired) electrons. The fraction of sp³-hybridized carbons (Fsp3) is 0.714. The standard InChI is InChI=1S/C14H28N.BrH/c1-5-9-10-11-14-15(8-4,12-6-2)13-7-3;/h6-7H,2-3,5,8-14H2,1,4H3;1H/q+1;/p-1. The van der Waals surface area contributed by atoms with Gasteiger partial charge in [0.15, 0.2) is 0 Å². The first kappa shape index (κ1) is 18.3. The average molecular weight is 290 g/mol. The minimum atomic E-state index is 0. The Morgan fingerprint density at radius 3 is 1.88 bits per heavy atom. The van der Waals surface area contributed by atoms with Gasteiger partial charge in [-0.1, -0.05) is 32.9 Å². The zero-order chi connectivity index (χ0) is 11.6. The molecule has 0 aromatic rings. The summed E-state index contributed by atoms with van der Waals surface area (Å²) in [6.45, 7) is 16.9. The van der Waals surface area contributed by atoms with Crippen molar-refractivity contribution in [3.05, 3.63) is 25.3 Å². The Hall–Kier alpha value is -0.0800. The van der Waals surface area contributed by atoms with Crippen LogP contribution in [0.3, 0.4) is 0 Å². The molecule has 2 heteroatoms. The Bertz CT molecular complexity index is 168. The number of hydrogen-bond donors (Lipinski definition) is 0. The van der Waals surface area contributed by atoms with Crippen molar-refractivity contribution in [2.24, 2.45) is 0 Å². The monoisotopic (exact) mass is 289 g/mol. The number of likely N-dealkylation sites (N-methyl/N-ethyl adjacent to an activating group) is 1. The molecule has 0 aliphatic heterocycles. The van der Waals surface area contributed by atoms with Crippen LogP contribution in [0.1, 0.15) is 39.5 Å². The highest BCUT2D eigenvalue weighted by atomic mass is 79.9. The minimum Gasteiger partial charge on any atom is -1.00 e. The van der Waals surface area contributed by atoms with Crippen molar-refractivity contribution in [1.82, 2.24) is 0 Å². The zero-order valence-corrected chi connectivity index (χ0v) is 12.6. The first-order chi connectivity index (χ1) is 7.24. The van der Waals surface area contributed by atoms with E-state index in [1.54, 1.807) is 0 Å². The Kier molecular flexibility index (Phi) is 13.0. The first-order valence-electron chi connectivity index (χ1n) is 6.31. The number of nitrogens with zero attached hydrogens (tertiary/aromatic N) is 1. The van der Waals surface area contributed by atoms with Gasteiger partial charge in [-0.2, -0.15) is 0 Å². The van der Waals surface area contributed by atoms with Crippen LogP contribution in [0, 0.1) is 0 Å². The maximum absolute atomic E-state index is 3.87. The Morgan fingerprint density at radius 2 is 1.50 bits per heavy atom. The number of rotatable bonds is 10. The van der Waals surface area contributed by atoms with Gasteiger partial charge in [0.05, 0.1) is 26.2 Å². The minimum absolute atomic E-state index is 0. The van der Waals surface area contributed by atoms with Gasteiger partial charge in [0.2, 0.25) is 0 Å². The molecule has 0 atom stereocenters. The van der Waals surface area contributed by atoms with Crippen LogP contribution in [0.2, 0.25) is 0 Å². The molecule has 1 nitrogen and oxygen atoms in total. The van der Waals surface area contributed by atoms with Crippen LogP contribution in [-0.2, 0) is 0 Å². The molecule has 0 saturated carbocycles. The van der Waals surface area contributed by atoms with Crippen LogP contribution in [0.4, 0.5) is 0 Å². The van der Waals surface area contributed by atoms with E-state index >= 15 is 0 Å². The van der Waals surface area contributed by atoms with Crippen LogP contribution >= 0.6 is 0 Å². The lowest BCUT2D eigenvalue weighted by atomic mass is 10.1. The molecule has 0 N–H and O–H groups in total. The summed E-state index contributed by atoms with van der Waals surface area (Å²) in [5.41, 5.74) is 0. The molecule has 0 fully saturated rings. The maximum Gasteiger partial charge on any atom is 0.0973 e. The Labute approximate surface area is 113 Å². The van der Waals surface area contributed by atoms with E-state index in [1.807, 2.05) is 12.2 Å². The fourth-order valence-corrected chi connectivity index (χ4v) is 2.10. The lowest BCUT2D eigenvalue weighted by molar-refractivity contribution is -0.915. The Balaban J connectivity index is 0. The summed E-state index contributed by atoms with van der Waals surface area (Å²) < 4.78 is 1.14. The first-order valence-corrected chi connectivity index (χ1v) is 6.31. The van der Waals surface area contributed by atoms with Crippen LogP contribution in [0.25, 0.3) is 0 Å². The normalized spacial score (nSPS) is 10.6. The molecule has 0 aromatic carbocycles. The van der Waals surface area contributed by atoms with Gasteiger partial charge in [-0.25, -0.2) is 0 Å². The van der Waals surface area contributed by atoms with Gasteiger partial charge < -0.3 is 21.5 Å². The highest BCUT2D eigenvalue weighted by molar-refractivity contribution is 4.71. The second-order valence-electron chi connectivity index (χ2n) is 4.38. The lowest BCUT2D eigenvalue weighted by Crippen LogP contribution is -3.00. The molecule has 0 rings (SSSR count). The predicted octanol–water partition coefficient (Wildman–Crippen LogP) is 0.779. The molecular weight excluding hydrogens is 262 g/mol. The van der Waals surface area contributed by atoms with E-state index in [-0.39, 0.29) is 17.0 Å². The van der Waals surface area contributed by atoms with Crippen molar-refractivity contribution in [3.63, 3.8) is 0 Å². The largest absolute Gasteiger partial charge is 1.00 e. The number of halogens is 1. The van der Waals surface area contributed by atoms with Crippen LogP contribution in [0.5, 0.6) is 0 Å². The van der Waals surface area contributed by atoms with Crippen molar-refractivity contribution in [1.29, 1.82) is 0 Å². The van der Waals surface area contributed by atoms with Gasteiger partial charge in [0.25, 0.3) is 0 Å². The van der Waals surface area contributed by atoms with Crippen molar-refractivity contribution >= 4 is 0 Å². The number of hydrogen-bond acceptors (Lipinski definition) is 0. The van der Waals surface area contributed by atoms with Crippen LogP contribution in [-0.4, -0.2) is 30.7 Å². The fourth-order valence-electron chi connectivity index (χ4n) is 2.10. The molecule has 0 unspecified atom stereocenters. The topological polar surface area (TPSA) is 0 Å². The molecular formula is C14H28BrN. The second-order valence-corrected chi connectivity index (χ2v) is 4.38. The molecule has 0 aliphatic rings. The molecule has 0 spiro atoms. The highest BCUT2D eigenvalue weighted by Crippen LogP contribution is 2.11. The summed E-state index contributed by atoms with van der Waals surface area (Å²) in [5, 5.41) is 0. The third-order valence-electron chi connectivity index (χ3n) is 3.19. The Morgan fingerprint density at radius 1 is 0.938 bits per heavy atom. The van der Waals surface area contributed by atoms with Gasteiger partial charge in [-0.3, -0.25) is 0 Å². The molecule has 0 amide bonds. The van der Waals surface area contributed by atoms with Gasteiger partial charge >= 0.3 is 0 Å². The van der Waals surface area contributed by atoms with Crippen molar-refractivity contribution in [2.75, 3.05) is 26.2 Å². The molecule has 0 aliphatic carbocycles. The van der Waals surface area contributed by atoms with E-state index in [2.05, 4.69) is 27.0 Å². The van der Waals surface area contributed by atoms with E-state index in [1.165, 1.54) is 38.8 Å². The average Bonchev–Trinajstić information content (AvgIpc) is 2.25. The van der Waals surface area contributed by atoms with E-state index in [0.29, 0.717) is 0 Å². The van der Waals surface area contributed by atoms with E-state index in [0.717, 1.165) is 17.6 Å². The smallest absolute Gasteiger partial charge is 0.0973 e. The molecule has 16 heavy (non-hydrogen) atoms. The van der Waals surface area contributed by atoms with Gasteiger partial charge in [-0.05, 0) is 31.9 Å². The molecule has 0 saturated heterocycles. The number of unbranched alkanes of at least 4 members (excludes halogenated alkanes) is 3. The zero-order valence-electron chi connectivity index (χ0n) is 11.1.